The largest absolute Gasteiger partial charge is 0.368 e. The van der Waals surface area contributed by atoms with E-state index in [1.54, 1.807) is 11.8 Å². The van der Waals surface area contributed by atoms with E-state index in [1.807, 2.05) is 6.26 Å². The summed E-state index contributed by atoms with van der Waals surface area (Å²) in [6, 6.07) is 1.04. The van der Waals surface area contributed by atoms with Crippen LogP contribution in [0, 0.1) is 0 Å². The zero-order valence-electron chi connectivity index (χ0n) is 16.5. The number of aromatic nitrogens is 2. The van der Waals surface area contributed by atoms with Gasteiger partial charge in [0.2, 0.25) is 5.95 Å². The van der Waals surface area contributed by atoms with E-state index in [4.69, 9.17) is 16.6 Å². The van der Waals surface area contributed by atoms with Crippen molar-refractivity contribution in [2.24, 2.45) is 0 Å². The lowest BCUT2D eigenvalue weighted by molar-refractivity contribution is 0.182. The average molecular weight is 455 g/mol. The SMILES string of the molecule is Br.CCN(CC)c1nc(Cl)c(SC)c(NCCN(C(C)C)C(C)C)n1. The van der Waals surface area contributed by atoms with Gasteiger partial charge in [-0.3, -0.25) is 4.90 Å². The maximum Gasteiger partial charge on any atom is 0.228 e. The van der Waals surface area contributed by atoms with Crippen LogP contribution in [0.3, 0.4) is 0 Å². The Labute approximate surface area is 173 Å². The molecule has 0 saturated heterocycles. The van der Waals surface area contributed by atoms with Crippen LogP contribution < -0.4 is 10.2 Å². The molecule has 1 aromatic rings. The fraction of sp³-hybridized carbons (Fsp3) is 0.765. The normalized spacial score (nSPS) is 11.2. The quantitative estimate of drug-likeness (QED) is 0.404. The summed E-state index contributed by atoms with van der Waals surface area (Å²) < 4.78 is 0. The molecule has 1 N–H and O–H groups in total. The molecule has 1 heterocycles. The second-order valence-electron chi connectivity index (χ2n) is 6.22. The first kappa shape index (κ1) is 24.8. The highest BCUT2D eigenvalue weighted by Crippen LogP contribution is 2.32. The van der Waals surface area contributed by atoms with Crippen molar-refractivity contribution in [3.8, 4) is 0 Å². The van der Waals surface area contributed by atoms with Crippen LogP contribution in [0.4, 0.5) is 11.8 Å². The smallest absolute Gasteiger partial charge is 0.228 e. The van der Waals surface area contributed by atoms with Crippen LogP contribution in [-0.2, 0) is 0 Å². The molecule has 1 rings (SSSR count). The molecule has 0 atom stereocenters. The lowest BCUT2D eigenvalue weighted by atomic mass is 10.2. The molecule has 0 spiro atoms. The highest BCUT2D eigenvalue weighted by molar-refractivity contribution is 8.93. The first-order valence-corrected chi connectivity index (χ1v) is 10.3. The summed E-state index contributed by atoms with van der Waals surface area (Å²) in [6.45, 7) is 16.6. The molecular weight excluding hydrogens is 422 g/mol. The van der Waals surface area contributed by atoms with Gasteiger partial charge in [0, 0.05) is 38.3 Å². The van der Waals surface area contributed by atoms with Gasteiger partial charge in [-0.2, -0.15) is 9.97 Å². The molecular formula is C17H33BrClN5S. The molecule has 0 saturated carbocycles. The van der Waals surface area contributed by atoms with Gasteiger partial charge in [-0.15, -0.1) is 28.7 Å². The molecule has 0 aliphatic carbocycles. The highest BCUT2D eigenvalue weighted by Gasteiger charge is 2.17. The summed E-state index contributed by atoms with van der Waals surface area (Å²) in [5.41, 5.74) is 0. The lowest BCUT2D eigenvalue weighted by Gasteiger charge is -2.30. The zero-order valence-corrected chi connectivity index (χ0v) is 19.8. The Balaban J connectivity index is 0.00000576. The van der Waals surface area contributed by atoms with Gasteiger partial charge in [0.05, 0.1) is 4.90 Å². The second kappa shape index (κ2) is 12.2. The van der Waals surface area contributed by atoms with Gasteiger partial charge in [0.1, 0.15) is 11.0 Å². The van der Waals surface area contributed by atoms with Crippen molar-refractivity contribution in [1.82, 2.24) is 14.9 Å². The Bertz CT molecular complexity index is 504. The van der Waals surface area contributed by atoms with Crippen molar-refractivity contribution in [1.29, 1.82) is 0 Å². The van der Waals surface area contributed by atoms with Crippen molar-refractivity contribution < 1.29 is 0 Å². The zero-order chi connectivity index (χ0) is 18.3. The fourth-order valence-electron chi connectivity index (χ4n) is 2.78. The van der Waals surface area contributed by atoms with E-state index in [-0.39, 0.29) is 17.0 Å². The molecule has 0 fully saturated rings. The predicted molar refractivity (Wildman–Crippen MR) is 118 cm³/mol. The maximum absolute atomic E-state index is 6.39. The minimum atomic E-state index is 0. The van der Waals surface area contributed by atoms with E-state index in [2.05, 4.69) is 61.6 Å². The summed E-state index contributed by atoms with van der Waals surface area (Å²) >= 11 is 7.96. The summed E-state index contributed by atoms with van der Waals surface area (Å²) in [6.07, 6.45) is 2.00. The Kier molecular flexibility index (Phi) is 12.1. The lowest BCUT2D eigenvalue weighted by Crippen LogP contribution is -2.40. The number of hydrogen-bond acceptors (Lipinski definition) is 6. The van der Waals surface area contributed by atoms with Crippen LogP contribution in [-0.4, -0.2) is 59.4 Å². The first-order valence-electron chi connectivity index (χ1n) is 8.71. The standard InChI is InChI=1S/C17H32ClN5S.BrH/c1-8-22(9-2)17-20-15(18)14(24-7)16(21-17)19-10-11-23(12(3)4)13(5)6;/h12-13H,8-11H2,1-7H3,(H,19,20,21);1H. The molecule has 0 aromatic carbocycles. The molecule has 0 radical (unpaired) electrons. The van der Waals surface area contributed by atoms with Gasteiger partial charge in [-0.05, 0) is 47.8 Å². The highest BCUT2D eigenvalue weighted by atomic mass is 79.9. The minimum Gasteiger partial charge on any atom is -0.368 e. The maximum atomic E-state index is 6.39. The fourth-order valence-corrected chi connectivity index (χ4v) is 3.70. The van der Waals surface area contributed by atoms with Crippen LogP contribution in [0.15, 0.2) is 4.90 Å². The molecule has 1 aromatic heterocycles. The van der Waals surface area contributed by atoms with Gasteiger partial charge in [0.15, 0.2) is 0 Å². The van der Waals surface area contributed by atoms with Gasteiger partial charge in [-0.1, -0.05) is 11.6 Å². The average Bonchev–Trinajstić information content (AvgIpc) is 2.51. The monoisotopic (exact) mass is 453 g/mol. The molecule has 0 unspecified atom stereocenters. The van der Waals surface area contributed by atoms with Gasteiger partial charge in [0.25, 0.3) is 0 Å². The van der Waals surface area contributed by atoms with Crippen molar-refractivity contribution in [3.05, 3.63) is 5.15 Å². The Morgan fingerprint density at radius 1 is 1.08 bits per heavy atom. The molecule has 0 bridgehead atoms. The molecule has 0 aliphatic heterocycles. The summed E-state index contributed by atoms with van der Waals surface area (Å²) in [5.74, 6) is 1.52. The second-order valence-corrected chi connectivity index (χ2v) is 7.40. The molecule has 146 valence electrons. The topological polar surface area (TPSA) is 44.3 Å². The first-order chi connectivity index (χ1) is 11.3. The molecule has 5 nitrogen and oxygen atoms in total. The van der Waals surface area contributed by atoms with Crippen molar-refractivity contribution in [2.75, 3.05) is 42.7 Å². The summed E-state index contributed by atoms with van der Waals surface area (Å²) in [4.78, 5) is 14.6. The number of rotatable bonds is 10. The number of thioether (sulfide) groups is 1. The van der Waals surface area contributed by atoms with E-state index in [9.17, 15) is 0 Å². The van der Waals surface area contributed by atoms with E-state index in [0.29, 0.717) is 23.2 Å². The number of nitrogens with zero attached hydrogens (tertiary/aromatic N) is 4. The van der Waals surface area contributed by atoms with Crippen LogP contribution in [0.5, 0.6) is 0 Å². The summed E-state index contributed by atoms with van der Waals surface area (Å²) in [5, 5.41) is 3.98. The summed E-state index contributed by atoms with van der Waals surface area (Å²) in [7, 11) is 0. The van der Waals surface area contributed by atoms with Crippen molar-refractivity contribution in [2.45, 2.75) is 58.5 Å². The third-order valence-electron chi connectivity index (χ3n) is 4.05. The third-order valence-corrected chi connectivity index (χ3v) is 5.23. The Morgan fingerprint density at radius 3 is 2.08 bits per heavy atom. The number of anilines is 2. The van der Waals surface area contributed by atoms with Gasteiger partial charge >= 0.3 is 0 Å². The minimum absolute atomic E-state index is 0. The number of halogens is 2. The Hall–Kier alpha value is -0.240. The molecule has 25 heavy (non-hydrogen) atoms. The van der Waals surface area contributed by atoms with E-state index in [0.717, 1.165) is 36.9 Å². The van der Waals surface area contributed by atoms with Crippen LogP contribution in [0.2, 0.25) is 5.15 Å². The van der Waals surface area contributed by atoms with E-state index in [1.165, 1.54) is 0 Å². The molecule has 0 amide bonds. The van der Waals surface area contributed by atoms with Crippen LogP contribution in [0.25, 0.3) is 0 Å². The number of hydrogen-bond donors (Lipinski definition) is 1. The van der Waals surface area contributed by atoms with Crippen molar-refractivity contribution >= 4 is 52.1 Å². The predicted octanol–water partition coefficient (Wildman–Crippen LogP) is 4.81. The van der Waals surface area contributed by atoms with Crippen LogP contribution in [0.1, 0.15) is 41.5 Å². The molecule has 0 aliphatic rings. The molecule has 8 heteroatoms. The van der Waals surface area contributed by atoms with E-state index < -0.39 is 0 Å². The number of nitrogens with one attached hydrogen (secondary N) is 1. The van der Waals surface area contributed by atoms with Gasteiger partial charge in [-0.25, -0.2) is 0 Å². The van der Waals surface area contributed by atoms with E-state index >= 15 is 0 Å². The van der Waals surface area contributed by atoms with Gasteiger partial charge < -0.3 is 10.2 Å². The van der Waals surface area contributed by atoms with Crippen molar-refractivity contribution in [3.63, 3.8) is 0 Å². The van der Waals surface area contributed by atoms with Crippen LogP contribution >= 0.6 is 40.3 Å². The third kappa shape index (κ3) is 7.12. The Morgan fingerprint density at radius 2 is 1.64 bits per heavy atom.